The largest absolute Gasteiger partial charge is 0.506 e. The molecule has 0 aromatic heterocycles. The first-order chi connectivity index (χ1) is 12.3. The first-order valence-corrected chi connectivity index (χ1v) is 9.20. The van der Waals surface area contributed by atoms with Gasteiger partial charge in [-0.1, -0.05) is 24.4 Å². The summed E-state index contributed by atoms with van der Waals surface area (Å²) < 4.78 is 10.7. The maximum Gasteiger partial charge on any atom is 0.342 e. The molecule has 0 aliphatic carbocycles. The van der Waals surface area contributed by atoms with Crippen LogP contribution in [-0.4, -0.2) is 41.3 Å². The number of fused-ring (bicyclic) bond motifs is 1. The molecule has 1 aromatic carbocycles. The summed E-state index contributed by atoms with van der Waals surface area (Å²) in [6.45, 7) is 1.80. The minimum Gasteiger partial charge on any atom is -0.506 e. The van der Waals surface area contributed by atoms with E-state index in [4.69, 9.17) is 21.1 Å². The van der Waals surface area contributed by atoms with Crippen molar-refractivity contribution in [3.8, 4) is 11.5 Å². The van der Waals surface area contributed by atoms with Gasteiger partial charge in [-0.25, -0.2) is 4.79 Å². The number of aliphatic hydroxyl groups is 1. The number of aromatic hydroxyl groups is 1. The number of cyclic esters (lactones) is 1. The number of carbonyl (C=O) groups is 2. The lowest BCUT2D eigenvalue weighted by Gasteiger charge is -2.19. The SMILES string of the molecule is COc1cc(O)c(Cl)c2c1C(=O)O[C@H](C)CCCCC[C@H](O)CC(=O)C2. The van der Waals surface area contributed by atoms with Crippen LogP contribution in [0.2, 0.25) is 5.02 Å². The Bertz CT molecular complexity index is 672. The Morgan fingerprint density at radius 2 is 1.92 bits per heavy atom. The molecule has 0 spiro atoms. The number of hydrogen-bond acceptors (Lipinski definition) is 6. The molecule has 2 atom stereocenters. The van der Waals surface area contributed by atoms with E-state index in [0.29, 0.717) is 12.8 Å². The average Bonchev–Trinajstić information content (AvgIpc) is 2.57. The van der Waals surface area contributed by atoms with E-state index in [1.165, 1.54) is 13.2 Å². The number of ketones is 1. The van der Waals surface area contributed by atoms with Gasteiger partial charge in [-0.3, -0.25) is 4.79 Å². The standard InChI is InChI=1S/C19H25ClO6/c1-11-6-4-3-5-7-12(21)8-13(22)9-14-17(19(24)26-11)16(25-2)10-15(23)18(14)20/h10-12,21,23H,3-9H2,1-2H3/t11-,12+/m1/s1. The molecular weight excluding hydrogens is 360 g/mol. The summed E-state index contributed by atoms with van der Waals surface area (Å²) in [5, 5.41) is 20.0. The predicted molar refractivity (Wildman–Crippen MR) is 97.0 cm³/mol. The number of rotatable bonds is 1. The van der Waals surface area contributed by atoms with Crippen molar-refractivity contribution in [3.63, 3.8) is 0 Å². The van der Waals surface area contributed by atoms with Gasteiger partial charge in [0.1, 0.15) is 22.8 Å². The van der Waals surface area contributed by atoms with Gasteiger partial charge in [-0.05, 0) is 26.2 Å². The summed E-state index contributed by atoms with van der Waals surface area (Å²) >= 11 is 6.17. The van der Waals surface area contributed by atoms with Crippen LogP contribution >= 0.6 is 11.6 Å². The molecule has 1 aromatic rings. The zero-order valence-corrected chi connectivity index (χ0v) is 15.8. The molecule has 0 radical (unpaired) electrons. The summed E-state index contributed by atoms with van der Waals surface area (Å²) in [5.74, 6) is -1.10. The highest BCUT2D eigenvalue weighted by Gasteiger charge is 2.27. The fourth-order valence-electron chi connectivity index (χ4n) is 3.15. The quantitative estimate of drug-likeness (QED) is 0.720. The maximum absolute atomic E-state index is 12.7. The minimum absolute atomic E-state index is 0.0286. The second kappa shape index (κ2) is 9.24. The molecule has 0 fully saturated rings. The molecule has 6 nitrogen and oxygen atoms in total. The van der Waals surface area contributed by atoms with Crippen LogP contribution in [-0.2, 0) is 16.0 Å². The number of carbonyl (C=O) groups excluding carboxylic acids is 2. The Hall–Kier alpha value is -1.79. The third-order valence-corrected chi connectivity index (χ3v) is 4.95. The van der Waals surface area contributed by atoms with Gasteiger partial charge in [0.15, 0.2) is 0 Å². The van der Waals surface area contributed by atoms with Crippen LogP contribution in [0.15, 0.2) is 6.07 Å². The van der Waals surface area contributed by atoms with Crippen LogP contribution in [0.4, 0.5) is 0 Å². The molecule has 0 saturated carbocycles. The Kier molecular flexibility index (Phi) is 7.29. The first kappa shape index (κ1) is 20.5. The predicted octanol–water partition coefficient (Wildman–Crippen LogP) is 3.43. The Labute approximate surface area is 158 Å². The Balaban J connectivity index is 2.46. The second-order valence-electron chi connectivity index (χ2n) is 6.69. The lowest BCUT2D eigenvalue weighted by Crippen LogP contribution is -2.21. The van der Waals surface area contributed by atoms with Crippen molar-refractivity contribution in [2.75, 3.05) is 7.11 Å². The highest BCUT2D eigenvalue weighted by molar-refractivity contribution is 6.33. The number of phenols is 1. The zero-order chi connectivity index (χ0) is 19.3. The smallest absolute Gasteiger partial charge is 0.342 e. The van der Waals surface area contributed by atoms with E-state index in [0.717, 1.165) is 19.3 Å². The number of aliphatic hydroxyl groups excluding tert-OH is 1. The summed E-state index contributed by atoms with van der Waals surface area (Å²) in [6.07, 6.45) is 2.54. The molecule has 144 valence electrons. The van der Waals surface area contributed by atoms with Crippen molar-refractivity contribution in [1.29, 1.82) is 0 Å². The van der Waals surface area contributed by atoms with E-state index in [-0.39, 0.29) is 52.4 Å². The molecule has 2 rings (SSSR count). The molecule has 1 heterocycles. The molecule has 0 unspecified atom stereocenters. The van der Waals surface area contributed by atoms with E-state index in [9.17, 15) is 19.8 Å². The zero-order valence-electron chi connectivity index (χ0n) is 15.1. The first-order valence-electron chi connectivity index (χ1n) is 8.82. The molecule has 26 heavy (non-hydrogen) atoms. The third kappa shape index (κ3) is 5.11. The number of halogens is 1. The third-order valence-electron chi connectivity index (χ3n) is 4.52. The number of methoxy groups -OCH3 is 1. The number of phenolic OH excluding ortho intramolecular Hbond substituents is 1. The minimum atomic E-state index is -0.726. The van der Waals surface area contributed by atoms with Crippen molar-refractivity contribution in [1.82, 2.24) is 0 Å². The average molecular weight is 385 g/mol. The van der Waals surface area contributed by atoms with Gasteiger partial charge in [0.2, 0.25) is 0 Å². The van der Waals surface area contributed by atoms with E-state index in [1.807, 2.05) is 0 Å². The molecule has 2 N–H and O–H groups in total. The van der Waals surface area contributed by atoms with Crippen LogP contribution in [0.5, 0.6) is 11.5 Å². The van der Waals surface area contributed by atoms with Gasteiger partial charge in [0.25, 0.3) is 0 Å². The Morgan fingerprint density at radius 1 is 1.23 bits per heavy atom. The normalized spacial score (nSPS) is 22.9. The van der Waals surface area contributed by atoms with Gasteiger partial charge in [-0.15, -0.1) is 0 Å². The monoisotopic (exact) mass is 384 g/mol. The molecule has 0 saturated heterocycles. The van der Waals surface area contributed by atoms with Crippen LogP contribution in [0.25, 0.3) is 0 Å². The fraction of sp³-hybridized carbons (Fsp3) is 0.579. The number of ether oxygens (including phenoxy) is 2. The summed E-state index contributed by atoms with van der Waals surface area (Å²) in [6, 6.07) is 1.23. The van der Waals surface area contributed by atoms with E-state index >= 15 is 0 Å². The van der Waals surface area contributed by atoms with Crippen molar-refractivity contribution in [2.24, 2.45) is 0 Å². The number of esters is 1. The van der Waals surface area contributed by atoms with Crippen molar-refractivity contribution in [2.45, 2.75) is 64.1 Å². The van der Waals surface area contributed by atoms with Crippen molar-refractivity contribution < 1.29 is 29.3 Å². The summed E-state index contributed by atoms with van der Waals surface area (Å²) in [4.78, 5) is 25.1. The van der Waals surface area contributed by atoms with Gasteiger partial charge in [0, 0.05) is 24.5 Å². The van der Waals surface area contributed by atoms with Crippen LogP contribution in [0.1, 0.15) is 61.4 Å². The van der Waals surface area contributed by atoms with Crippen molar-refractivity contribution >= 4 is 23.4 Å². The summed E-state index contributed by atoms with van der Waals surface area (Å²) in [5.41, 5.74) is 0.206. The fourth-order valence-corrected chi connectivity index (χ4v) is 3.36. The van der Waals surface area contributed by atoms with E-state index < -0.39 is 12.1 Å². The topological polar surface area (TPSA) is 93.1 Å². The molecule has 0 amide bonds. The maximum atomic E-state index is 12.7. The molecule has 7 heteroatoms. The number of Topliss-reactive ketones (excluding diaryl/α,β-unsaturated/α-hetero) is 1. The Morgan fingerprint density at radius 3 is 2.62 bits per heavy atom. The van der Waals surface area contributed by atoms with Crippen LogP contribution < -0.4 is 4.74 Å². The lowest BCUT2D eigenvalue weighted by molar-refractivity contribution is -0.120. The van der Waals surface area contributed by atoms with Gasteiger partial charge >= 0.3 is 5.97 Å². The van der Waals surface area contributed by atoms with Gasteiger partial charge < -0.3 is 19.7 Å². The number of benzene rings is 1. The van der Waals surface area contributed by atoms with Crippen LogP contribution in [0.3, 0.4) is 0 Å². The lowest BCUT2D eigenvalue weighted by atomic mass is 9.96. The summed E-state index contributed by atoms with van der Waals surface area (Å²) in [7, 11) is 1.36. The van der Waals surface area contributed by atoms with Gasteiger partial charge in [-0.2, -0.15) is 0 Å². The molecular formula is C19H25ClO6. The highest BCUT2D eigenvalue weighted by atomic mass is 35.5. The molecule has 0 bridgehead atoms. The molecule has 1 aliphatic rings. The highest BCUT2D eigenvalue weighted by Crippen LogP contribution is 2.38. The molecule has 1 aliphatic heterocycles. The van der Waals surface area contributed by atoms with Gasteiger partial charge in [0.05, 0.1) is 24.3 Å². The van der Waals surface area contributed by atoms with Crippen LogP contribution in [0, 0.1) is 0 Å². The van der Waals surface area contributed by atoms with E-state index in [2.05, 4.69) is 0 Å². The second-order valence-corrected chi connectivity index (χ2v) is 7.07. The van der Waals surface area contributed by atoms with Crippen molar-refractivity contribution in [3.05, 3.63) is 22.2 Å². The van der Waals surface area contributed by atoms with E-state index in [1.54, 1.807) is 6.92 Å². The number of hydrogen-bond donors (Lipinski definition) is 2.